The van der Waals surface area contributed by atoms with Crippen molar-refractivity contribution in [1.82, 2.24) is 20.1 Å². The Kier molecular flexibility index (Phi) is 7.27. The van der Waals surface area contributed by atoms with Crippen LogP contribution in [0.5, 0.6) is 5.75 Å². The van der Waals surface area contributed by atoms with Gasteiger partial charge >= 0.3 is 0 Å². The quantitative estimate of drug-likeness (QED) is 0.523. The average molecular weight is 572 g/mol. The van der Waals surface area contributed by atoms with Crippen LogP contribution in [0.2, 0.25) is 5.02 Å². The van der Waals surface area contributed by atoms with E-state index < -0.39 is 0 Å². The second-order valence-corrected chi connectivity index (χ2v) is 13.7. The van der Waals surface area contributed by atoms with Crippen molar-refractivity contribution >= 4 is 17.5 Å². The highest BCUT2D eigenvalue weighted by Gasteiger charge is 2.67. The first-order valence-electron chi connectivity index (χ1n) is 14.7. The van der Waals surface area contributed by atoms with E-state index in [1.807, 2.05) is 17.0 Å². The Morgan fingerprint density at radius 2 is 1.85 bits per heavy atom. The van der Waals surface area contributed by atoms with E-state index >= 15 is 0 Å². The van der Waals surface area contributed by atoms with Crippen molar-refractivity contribution in [2.75, 3.05) is 32.7 Å². The number of hydrogen-bond acceptors (Lipinski definition) is 6. The molecule has 0 unspecified atom stereocenters. The summed E-state index contributed by atoms with van der Waals surface area (Å²) >= 11 is 6.25. The number of amides is 1. The second-order valence-electron chi connectivity index (χ2n) is 13.3. The number of halogens is 1. The van der Waals surface area contributed by atoms with Gasteiger partial charge in [-0.15, -0.1) is 0 Å². The van der Waals surface area contributed by atoms with Gasteiger partial charge in [0.25, 0.3) is 5.91 Å². The molecule has 3 fully saturated rings. The fourth-order valence-electron chi connectivity index (χ4n) is 7.77. The van der Waals surface area contributed by atoms with Crippen molar-refractivity contribution in [2.24, 2.45) is 22.7 Å². The molecule has 1 amide bonds. The van der Waals surface area contributed by atoms with Crippen LogP contribution in [0.1, 0.15) is 67.8 Å². The van der Waals surface area contributed by atoms with Crippen LogP contribution < -0.4 is 10.1 Å². The smallest absolute Gasteiger partial charge is 0.256 e. The number of carbonyl (C=O) groups is 1. The minimum absolute atomic E-state index is 0.0204. The normalized spacial score (nSPS) is 25.4. The first kappa shape index (κ1) is 28.0. The predicted molar refractivity (Wildman–Crippen MR) is 158 cm³/mol. The van der Waals surface area contributed by atoms with Crippen LogP contribution in [0.3, 0.4) is 0 Å². The van der Waals surface area contributed by atoms with Gasteiger partial charge in [0.15, 0.2) is 0 Å². The van der Waals surface area contributed by atoms with E-state index in [9.17, 15) is 10.1 Å². The van der Waals surface area contributed by atoms with Crippen molar-refractivity contribution in [3.05, 3.63) is 57.9 Å². The Balaban J connectivity index is 1.11. The number of piperidine rings is 1. The number of fused-ring (bicyclic) bond motifs is 1. The van der Waals surface area contributed by atoms with E-state index in [1.54, 1.807) is 18.2 Å². The predicted octanol–water partition coefficient (Wildman–Crippen LogP) is 4.73. The van der Waals surface area contributed by atoms with Gasteiger partial charge in [-0.25, -0.2) is 4.98 Å². The number of ether oxygens (including phenoxy) is 1. The molecule has 8 heteroatoms. The summed E-state index contributed by atoms with van der Waals surface area (Å²) in [6.07, 6.45) is 2.06. The fourth-order valence-corrected chi connectivity index (χ4v) is 7.99. The summed E-state index contributed by atoms with van der Waals surface area (Å²) in [4.78, 5) is 23.0. The first-order chi connectivity index (χ1) is 19.6. The van der Waals surface area contributed by atoms with Crippen LogP contribution in [0.25, 0.3) is 0 Å². The van der Waals surface area contributed by atoms with Crippen molar-refractivity contribution in [1.29, 1.82) is 5.26 Å². The number of aromatic nitrogens is 1. The van der Waals surface area contributed by atoms with Crippen molar-refractivity contribution in [2.45, 2.75) is 59.2 Å². The molecule has 7 nitrogen and oxygen atoms in total. The van der Waals surface area contributed by atoms with Crippen LogP contribution in [-0.2, 0) is 6.54 Å². The molecular formula is C33H38ClN5O2. The first-order valence-corrected chi connectivity index (χ1v) is 15.1. The van der Waals surface area contributed by atoms with Gasteiger partial charge in [-0.2, -0.15) is 5.26 Å². The maximum Gasteiger partial charge on any atom is 0.256 e. The lowest BCUT2D eigenvalue weighted by atomic mass is 9.49. The van der Waals surface area contributed by atoms with E-state index in [-0.39, 0.29) is 28.9 Å². The zero-order valence-corrected chi connectivity index (χ0v) is 25.1. The molecule has 1 N–H and O–H groups in total. The monoisotopic (exact) mass is 571 g/mol. The van der Waals surface area contributed by atoms with Gasteiger partial charge < -0.3 is 19.9 Å². The molecule has 4 heterocycles. The van der Waals surface area contributed by atoms with Crippen LogP contribution in [-0.4, -0.2) is 65.6 Å². The molecule has 214 valence electrons. The van der Waals surface area contributed by atoms with Gasteiger partial charge in [-0.1, -0.05) is 45.2 Å². The highest BCUT2D eigenvalue weighted by atomic mass is 35.5. The Bertz CT molecular complexity index is 1440. The zero-order chi connectivity index (χ0) is 28.9. The Labute approximate surface area is 248 Å². The molecule has 2 aromatic rings. The third-order valence-corrected chi connectivity index (χ3v) is 9.86. The number of likely N-dealkylation sites (tertiary alicyclic amines) is 1. The molecule has 1 saturated carbocycles. The molecule has 41 heavy (non-hydrogen) atoms. The number of rotatable bonds is 5. The molecule has 1 aliphatic carbocycles. The Hall–Kier alpha value is -3.10. The van der Waals surface area contributed by atoms with Crippen LogP contribution in [0.4, 0.5) is 0 Å². The lowest BCUT2D eigenvalue weighted by molar-refractivity contribution is -0.199. The highest BCUT2D eigenvalue weighted by molar-refractivity contribution is 6.31. The number of benzene rings is 1. The minimum atomic E-state index is -0.311. The molecule has 2 saturated heterocycles. The molecule has 1 aromatic heterocycles. The second kappa shape index (κ2) is 10.6. The summed E-state index contributed by atoms with van der Waals surface area (Å²) in [5, 5.41) is 12.9. The number of nitrogens with zero attached hydrogens (tertiary/aromatic N) is 4. The average Bonchev–Trinajstić information content (AvgIpc) is 3.22. The van der Waals surface area contributed by atoms with Gasteiger partial charge in [0.2, 0.25) is 0 Å². The van der Waals surface area contributed by atoms with Crippen molar-refractivity contribution < 1.29 is 9.53 Å². The topological polar surface area (TPSA) is 81.5 Å². The summed E-state index contributed by atoms with van der Waals surface area (Å²) in [5.74, 6) is 8.65. The van der Waals surface area contributed by atoms with Gasteiger partial charge in [-0.3, -0.25) is 4.79 Å². The Morgan fingerprint density at radius 3 is 2.49 bits per heavy atom. The number of pyridine rings is 1. The Morgan fingerprint density at radius 1 is 1.12 bits per heavy atom. The van der Waals surface area contributed by atoms with E-state index in [1.165, 1.54) is 6.54 Å². The SMILES string of the molecule is CC1(C)[C@H](Oc2ccc(C#N)c(Cl)c2)C(C)(C)[C@H]1N1Cc2nc(C#CC3CCN(CC4CNC4)CC3)ccc2C1=O. The lowest BCUT2D eigenvalue weighted by Gasteiger charge is -2.65. The number of nitriles is 1. The summed E-state index contributed by atoms with van der Waals surface area (Å²) in [5.41, 5.74) is 2.02. The number of hydrogen-bond donors (Lipinski definition) is 1. The molecule has 0 atom stereocenters. The van der Waals surface area contributed by atoms with Crippen LogP contribution in [0.15, 0.2) is 30.3 Å². The largest absolute Gasteiger partial charge is 0.489 e. The summed E-state index contributed by atoms with van der Waals surface area (Å²) in [6.45, 7) is 14.8. The van der Waals surface area contributed by atoms with Crippen molar-refractivity contribution in [3.63, 3.8) is 0 Å². The molecule has 1 aromatic carbocycles. The van der Waals surface area contributed by atoms with Crippen molar-refractivity contribution in [3.8, 4) is 23.7 Å². The minimum Gasteiger partial charge on any atom is -0.489 e. The molecule has 0 spiro atoms. The number of nitrogens with one attached hydrogen (secondary N) is 1. The standard InChI is InChI=1S/C33H38ClN5O2/c1-32(2)30(33(3,4)31(32)41-25-9-6-23(16-35)27(34)15-25)39-20-28-26(29(39)40)10-8-24(37-28)7-5-21-11-13-38(14-12-21)19-22-17-36-18-22/h6,8-10,15,21-22,30-31,36H,11-14,17-20H2,1-4H3/t30-,31-. The van der Waals surface area contributed by atoms with E-state index in [0.717, 1.165) is 56.3 Å². The van der Waals surface area contributed by atoms with E-state index in [2.05, 4.69) is 55.8 Å². The van der Waals surface area contributed by atoms with Crippen LogP contribution >= 0.6 is 11.6 Å². The highest BCUT2D eigenvalue weighted by Crippen LogP contribution is 2.59. The fraction of sp³-hybridized carbons (Fsp3) is 0.545. The van der Waals surface area contributed by atoms with E-state index in [4.69, 9.17) is 21.3 Å². The number of carbonyl (C=O) groups excluding carboxylic acids is 1. The summed E-state index contributed by atoms with van der Waals surface area (Å²) in [7, 11) is 0. The summed E-state index contributed by atoms with van der Waals surface area (Å²) in [6, 6.07) is 11.0. The maximum absolute atomic E-state index is 13.6. The van der Waals surface area contributed by atoms with Gasteiger partial charge in [0, 0.05) is 48.5 Å². The maximum atomic E-state index is 13.6. The lowest BCUT2D eigenvalue weighted by Crippen LogP contribution is -2.74. The third kappa shape index (κ3) is 5.10. The molecular weight excluding hydrogens is 534 g/mol. The van der Waals surface area contributed by atoms with E-state index in [0.29, 0.717) is 34.4 Å². The summed E-state index contributed by atoms with van der Waals surface area (Å²) < 4.78 is 6.43. The molecule has 3 aliphatic heterocycles. The van der Waals surface area contributed by atoms with Gasteiger partial charge in [0.05, 0.1) is 28.4 Å². The molecule has 0 bridgehead atoms. The third-order valence-electron chi connectivity index (χ3n) is 9.55. The zero-order valence-electron chi connectivity index (χ0n) is 24.3. The van der Waals surface area contributed by atoms with Gasteiger partial charge in [0.1, 0.15) is 23.6 Å². The van der Waals surface area contributed by atoms with Crippen LogP contribution in [0, 0.1) is 45.8 Å². The molecule has 0 radical (unpaired) electrons. The van der Waals surface area contributed by atoms with Gasteiger partial charge in [-0.05, 0) is 62.0 Å². The molecule has 4 aliphatic rings. The molecule has 6 rings (SSSR count).